The highest BCUT2D eigenvalue weighted by Gasteiger charge is 2.34. The third-order valence-electron chi connectivity index (χ3n) is 5.15. The molecule has 0 saturated heterocycles. The van der Waals surface area contributed by atoms with Crippen LogP contribution in [0.1, 0.15) is 25.2 Å². The Morgan fingerprint density at radius 1 is 1.13 bits per heavy atom. The van der Waals surface area contributed by atoms with Gasteiger partial charge in [0.25, 0.3) is 5.56 Å². The van der Waals surface area contributed by atoms with Crippen molar-refractivity contribution in [2.75, 3.05) is 0 Å². The SMILES string of the molecule is CC(C)(C(=O)O)n1c(Cc2ccccc2F)nc2scc(-c3ccccc3)c2c1=O. The molecule has 2 heterocycles. The second-order valence-electron chi connectivity index (χ2n) is 7.50. The van der Waals surface area contributed by atoms with Gasteiger partial charge in [0.05, 0.1) is 5.39 Å². The van der Waals surface area contributed by atoms with E-state index in [1.54, 1.807) is 18.2 Å². The van der Waals surface area contributed by atoms with E-state index in [1.807, 2.05) is 35.7 Å². The molecular formula is C23H19FN2O3S. The van der Waals surface area contributed by atoms with Gasteiger partial charge < -0.3 is 5.11 Å². The summed E-state index contributed by atoms with van der Waals surface area (Å²) in [7, 11) is 0. The molecule has 4 rings (SSSR count). The van der Waals surface area contributed by atoms with Crippen LogP contribution in [0.15, 0.2) is 64.8 Å². The van der Waals surface area contributed by atoms with Gasteiger partial charge in [-0.05, 0) is 31.0 Å². The predicted octanol–water partition coefficient (Wildman–Crippen LogP) is 4.67. The van der Waals surface area contributed by atoms with E-state index in [4.69, 9.17) is 0 Å². The van der Waals surface area contributed by atoms with E-state index in [1.165, 1.54) is 35.8 Å². The first kappa shape index (κ1) is 20.0. The molecule has 2 aromatic heterocycles. The van der Waals surface area contributed by atoms with Crippen LogP contribution in [0.3, 0.4) is 0 Å². The van der Waals surface area contributed by atoms with E-state index in [9.17, 15) is 19.1 Å². The number of halogens is 1. The van der Waals surface area contributed by atoms with Crippen LogP contribution in [0.25, 0.3) is 21.3 Å². The Hall–Kier alpha value is -3.32. The standard InChI is InChI=1S/C23H19FN2O3S/c1-23(2,22(28)29)26-18(12-15-10-6-7-11-17(15)24)25-20-19(21(26)27)16(13-30-20)14-8-4-3-5-9-14/h3-11,13H,12H2,1-2H3,(H,28,29). The maximum Gasteiger partial charge on any atom is 0.329 e. The van der Waals surface area contributed by atoms with Crippen molar-refractivity contribution < 1.29 is 14.3 Å². The molecule has 30 heavy (non-hydrogen) atoms. The van der Waals surface area contributed by atoms with Gasteiger partial charge in [-0.3, -0.25) is 9.36 Å². The minimum Gasteiger partial charge on any atom is -0.480 e. The average molecular weight is 422 g/mol. The number of carboxylic acid groups (broad SMARTS) is 1. The first-order chi connectivity index (χ1) is 14.3. The first-order valence-corrected chi connectivity index (χ1v) is 10.2. The smallest absolute Gasteiger partial charge is 0.329 e. The van der Waals surface area contributed by atoms with E-state index in [0.717, 1.165) is 5.56 Å². The van der Waals surface area contributed by atoms with Crippen molar-refractivity contribution in [2.45, 2.75) is 25.8 Å². The second-order valence-corrected chi connectivity index (χ2v) is 8.35. The Kier molecular flexibility index (Phi) is 4.99. The fraction of sp³-hybridized carbons (Fsp3) is 0.174. The highest BCUT2D eigenvalue weighted by molar-refractivity contribution is 7.17. The molecule has 0 aliphatic rings. The third-order valence-corrected chi connectivity index (χ3v) is 6.02. The van der Waals surface area contributed by atoms with Gasteiger partial charge in [-0.1, -0.05) is 48.5 Å². The van der Waals surface area contributed by atoms with Crippen LogP contribution >= 0.6 is 11.3 Å². The van der Waals surface area contributed by atoms with Crippen molar-refractivity contribution >= 4 is 27.5 Å². The molecule has 0 amide bonds. The number of thiophene rings is 1. The van der Waals surface area contributed by atoms with Crippen LogP contribution in [0, 0.1) is 5.82 Å². The van der Waals surface area contributed by atoms with Crippen molar-refractivity contribution in [1.29, 1.82) is 0 Å². The van der Waals surface area contributed by atoms with Crippen LogP contribution in [0.5, 0.6) is 0 Å². The quantitative estimate of drug-likeness (QED) is 0.507. The van der Waals surface area contributed by atoms with Gasteiger partial charge in [-0.25, -0.2) is 14.2 Å². The number of aliphatic carboxylic acids is 1. The molecular weight excluding hydrogens is 403 g/mol. The lowest BCUT2D eigenvalue weighted by Crippen LogP contribution is -2.45. The molecule has 7 heteroatoms. The summed E-state index contributed by atoms with van der Waals surface area (Å²) < 4.78 is 15.5. The van der Waals surface area contributed by atoms with Crippen LogP contribution in [-0.2, 0) is 16.8 Å². The molecule has 152 valence electrons. The van der Waals surface area contributed by atoms with Crippen LogP contribution in [0.4, 0.5) is 4.39 Å². The molecule has 0 spiro atoms. The number of nitrogens with zero attached hydrogens (tertiary/aromatic N) is 2. The van der Waals surface area contributed by atoms with Crippen LogP contribution in [0.2, 0.25) is 0 Å². The molecule has 0 aliphatic heterocycles. The molecule has 0 aliphatic carbocycles. The lowest BCUT2D eigenvalue weighted by atomic mass is 10.0. The molecule has 0 bridgehead atoms. The van der Waals surface area contributed by atoms with Gasteiger partial charge in [0.15, 0.2) is 0 Å². The molecule has 0 radical (unpaired) electrons. The summed E-state index contributed by atoms with van der Waals surface area (Å²) in [5, 5.41) is 12.0. The minimum atomic E-state index is -1.56. The molecule has 1 N–H and O–H groups in total. The molecule has 0 saturated carbocycles. The summed E-state index contributed by atoms with van der Waals surface area (Å²) >= 11 is 1.31. The topological polar surface area (TPSA) is 72.2 Å². The zero-order chi connectivity index (χ0) is 21.5. The molecule has 0 fully saturated rings. The number of hydrogen-bond donors (Lipinski definition) is 1. The summed E-state index contributed by atoms with van der Waals surface area (Å²) in [5.74, 6) is -1.38. The van der Waals surface area contributed by atoms with Crippen molar-refractivity contribution in [3.8, 4) is 11.1 Å². The van der Waals surface area contributed by atoms with E-state index >= 15 is 0 Å². The number of hydrogen-bond acceptors (Lipinski definition) is 4. The third kappa shape index (κ3) is 3.31. The minimum absolute atomic E-state index is 0.00708. The second kappa shape index (κ2) is 7.50. The number of rotatable bonds is 5. The summed E-state index contributed by atoms with van der Waals surface area (Å²) in [4.78, 5) is 30.7. The highest BCUT2D eigenvalue weighted by atomic mass is 32.1. The zero-order valence-corrected chi connectivity index (χ0v) is 17.2. The average Bonchev–Trinajstić information content (AvgIpc) is 3.14. The lowest BCUT2D eigenvalue weighted by molar-refractivity contribution is -0.146. The Labute approximate surface area is 176 Å². The largest absolute Gasteiger partial charge is 0.480 e. The molecule has 4 aromatic rings. The van der Waals surface area contributed by atoms with Crippen LogP contribution < -0.4 is 5.56 Å². The van der Waals surface area contributed by atoms with Crippen molar-refractivity contribution in [2.24, 2.45) is 0 Å². The Morgan fingerprint density at radius 3 is 2.47 bits per heavy atom. The maximum atomic E-state index is 14.3. The number of benzene rings is 2. The first-order valence-electron chi connectivity index (χ1n) is 9.36. The molecule has 0 atom stereocenters. The van der Waals surface area contributed by atoms with Crippen molar-refractivity contribution in [3.63, 3.8) is 0 Å². The van der Waals surface area contributed by atoms with Gasteiger partial charge in [0.2, 0.25) is 0 Å². The van der Waals surface area contributed by atoms with Gasteiger partial charge in [-0.15, -0.1) is 11.3 Å². The fourth-order valence-electron chi connectivity index (χ4n) is 3.47. The van der Waals surface area contributed by atoms with Gasteiger partial charge in [0, 0.05) is 17.4 Å². The van der Waals surface area contributed by atoms with E-state index in [-0.39, 0.29) is 12.2 Å². The monoisotopic (exact) mass is 422 g/mol. The number of aromatic nitrogens is 2. The number of carboxylic acids is 1. The Bertz CT molecular complexity index is 1310. The number of carbonyl (C=O) groups is 1. The van der Waals surface area contributed by atoms with E-state index < -0.39 is 22.9 Å². The lowest BCUT2D eigenvalue weighted by Gasteiger charge is -2.26. The Balaban J connectivity index is 2.01. The maximum absolute atomic E-state index is 14.3. The summed E-state index contributed by atoms with van der Waals surface area (Å²) in [6.07, 6.45) is 0.00708. The molecule has 5 nitrogen and oxygen atoms in total. The highest BCUT2D eigenvalue weighted by Crippen LogP contribution is 2.32. The van der Waals surface area contributed by atoms with Gasteiger partial charge >= 0.3 is 5.97 Å². The molecule has 0 unspecified atom stereocenters. The predicted molar refractivity (Wildman–Crippen MR) is 115 cm³/mol. The van der Waals surface area contributed by atoms with E-state index in [2.05, 4.69) is 4.98 Å². The van der Waals surface area contributed by atoms with Crippen molar-refractivity contribution in [1.82, 2.24) is 9.55 Å². The summed E-state index contributed by atoms with van der Waals surface area (Å²) in [6, 6.07) is 15.6. The van der Waals surface area contributed by atoms with Crippen molar-refractivity contribution in [3.05, 3.63) is 87.5 Å². The normalized spacial score (nSPS) is 11.7. The fourth-order valence-corrected chi connectivity index (χ4v) is 4.42. The van der Waals surface area contributed by atoms with Gasteiger partial charge in [-0.2, -0.15) is 0 Å². The summed E-state index contributed by atoms with van der Waals surface area (Å²) in [6.45, 7) is 2.90. The Morgan fingerprint density at radius 2 is 1.80 bits per heavy atom. The molecule has 2 aromatic carbocycles. The number of fused-ring (bicyclic) bond motifs is 1. The van der Waals surface area contributed by atoms with E-state index in [0.29, 0.717) is 21.3 Å². The van der Waals surface area contributed by atoms with Crippen LogP contribution in [-0.4, -0.2) is 20.6 Å². The summed E-state index contributed by atoms with van der Waals surface area (Å²) in [5.41, 5.74) is -0.101. The zero-order valence-electron chi connectivity index (χ0n) is 16.4. The van der Waals surface area contributed by atoms with Gasteiger partial charge in [0.1, 0.15) is 22.0 Å².